The Morgan fingerprint density at radius 2 is 2.06 bits per heavy atom. The van der Waals surface area contributed by atoms with Crippen LogP contribution in [0, 0.1) is 0 Å². The smallest absolute Gasteiger partial charge is 0.241 e. The zero-order valence-corrected chi connectivity index (χ0v) is 11.0. The molecule has 1 rings (SSSR count). The second-order valence-corrected chi connectivity index (χ2v) is 4.29. The van der Waals surface area contributed by atoms with Crippen LogP contribution in [0.3, 0.4) is 0 Å². The molecule has 0 aromatic heterocycles. The fourth-order valence-corrected chi connectivity index (χ4v) is 1.53. The Morgan fingerprint density at radius 3 is 2.56 bits per heavy atom. The highest BCUT2D eigenvalue weighted by Gasteiger charge is 2.11. The summed E-state index contributed by atoms with van der Waals surface area (Å²) in [5.74, 6) is -0.470. The Morgan fingerprint density at radius 1 is 1.39 bits per heavy atom. The van der Waals surface area contributed by atoms with Crippen molar-refractivity contribution in [2.24, 2.45) is 5.73 Å². The number of halogens is 1. The second kappa shape index (κ2) is 6.37. The molecule has 0 bridgehead atoms. The number of anilines is 2. The molecule has 0 heterocycles. The SMILES string of the molecule is CC[C@@H](N)C(=O)Nc1ccc(NC(C)=O)c(Cl)c1. The predicted octanol–water partition coefficient (Wildman–Crippen LogP) is 1.97. The van der Waals surface area contributed by atoms with Crippen LogP contribution in [0.5, 0.6) is 0 Å². The van der Waals surface area contributed by atoms with Gasteiger partial charge in [-0.05, 0) is 24.6 Å². The van der Waals surface area contributed by atoms with E-state index in [2.05, 4.69) is 10.6 Å². The number of hydrogen-bond acceptors (Lipinski definition) is 3. The largest absolute Gasteiger partial charge is 0.325 e. The fraction of sp³-hybridized carbons (Fsp3) is 0.333. The van der Waals surface area contributed by atoms with Crippen molar-refractivity contribution >= 4 is 34.8 Å². The number of carbonyl (C=O) groups is 2. The van der Waals surface area contributed by atoms with Gasteiger partial charge in [-0.25, -0.2) is 0 Å². The molecule has 0 unspecified atom stereocenters. The Balaban J connectivity index is 2.78. The van der Waals surface area contributed by atoms with Crippen LogP contribution in [0.2, 0.25) is 5.02 Å². The van der Waals surface area contributed by atoms with Gasteiger partial charge in [-0.1, -0.05) is 18.5 Å². The van der Waals surface area contributed by atoms with Gasteiger partial charge in [0.05, 0.1) is 16.8 Å². The molecule has 0 saturated heterocycles. The van der Waals surface area contributed by atoms with Gasteiger partial charge in [-0.2, -0.15) is 0 Å². The Bertz CT molecular complexity index is 463. The summed E-state index contributed by atoms with van der Waals surface area (Å²) < 4.78 is 0. The molecule has 2 amide bonds. The number of nitrogens with two attached hydrogens (primary N) is 1. The number of benzene rings is 1. The first-order valence-corrected chi connectivity index (χ1v) is 5.95. The molecule has 18 heavy (non-hydrogen) atoms. The van der Waals surface area contributed by atoms with E-state index in [1.165, 1.54) is 6.92 Å². The van der Waals surface area contributed by atoms with Crippen molar-refractivity contribution in [1.82, 2.24) is 0 Å². The summed E-state index contributed by atoms with van der Waals surface area (Å²) >= 11 is 5.97. The van der Waals surface area contributed by atoms with Crippen molar-refractivity contribution in [2.75, 3.05) is 10.6 Å². The third-order valence-electron chi connectivity index (χ3n) is 2.32. The van der Waals surface area contributed by atoms with Gasteiger partial charge in [-0.15, -0.1) is 0 Å². The Hall–Kier alpha value is -1.59. The quantitative estimate of drug-likeness (QED) is 0.781. The summed E-state index contributed by atoms with van der Waals surface area (Å²) in [6.45, 7) is 3.23. The lowest BCUT2D eigenvalue weighted by molar-refractivity contribution is -0.117. The first kappa shape index (κ1) is 14.5. The average Bonchev–Trinajstić information content (AvgIpc) is 2.31. The normalized spacial score (nSPS) is 11.8. The third-order valence-corrected chi connectivity index (χ3v) is 2.64. The number of hydrogen-bond donors (Lipinski definition) is 3. The summed E-state index contributed by atoms with van der Waals surface area (Å²) in [4.78, 5) is 22.5. The molecule has 0 saturated carbocycles. The van der Waals surface area contributed by atoms with Crippen LogP contribution in [0.25, 0.3) is 0 Å². The van der Waals surface area contributed by atoms with E-state index in [0.717, 1.165) is 0 Å². The monoisotopic (exact) mass is 269 g/mol. The summed E-state index contributed by atoms with van der Waals surface area (Å²) in [5, 5.41) is 5.59. The second-order valence-electron chi connectivity index (χ2n) is 3.88. The molecular formula is C12H16ClN3O2. The van der Waals surface area contributed by atoms with Crippen molar-refractivity contribution in [3.63, 3.8) is 0 Å². The highest BCUT2D eigenvalue weighted by Crippen LogP contribution is 2.25. The molecule has 0 radical (unpaired) electrons. The zero-order valence-electron chi connectivity index (χ0n) is 10.3. The number of carbonyl (C=O) groups excluding carboxylic acids is 2. The minimum absolute atomic E-state index is 0.207. The molecule has 0 aliphatic rings. The van der Waals surface area contributed by atoms with Crippen LogP contribution in [0.4, 0.5) is 11.4 Å². The number of rotatable bonds is 4. The van der Waals surface area contributed by atoms with E-state index in [1.807, 2.05) is 6.92 Å². The first-order valence-electron chi connectivity index (χ1n) is 5.57. The van der Waals surface area contributed by atoms with Crippen molar-refractivity contribution in [3.8, 4) is 0 Å². The molecule has 0 aliphatic heterocycles. The lowest BCUT2D eigenvalue weighted by Crippen LogP contribution is -2.34. The van der Waals surface area contributed by atoms with Crippen LogP contribution in [-0.4, -0.2) is 17.9 Å². The first-order chi connectivity index (χ1) is 8.43. The van der Waals surface area contributed by atoms with E-state index < -0.39 is 6.04 Å². The van der Waals surface area contributed by atoms with Crippen LogP contribution >= 0.6 is 11.6 Å². The van der Waals surface area contributed by atoms with Crippen molar-refractivity contribution < 1.29 is 9.59 Å². The lowest BCUT2D eigenvalue weighted by Gasteiger charge is -2.11. The van der Waals surface area contributed by atoms with E-state index in [4.69, 9.17) is 17.3 Å². The van der Waals surface area contributed by atoms with Crippen LogP contribution < -0.4 is 16.4 Å². The molecule has 0 fully saturated rings. The van der Waals surface area contributed by atoms with Crippen LogP contribution in [-0.2, 0) is 9.59 Å². The molecule has 5 nitrogen and oxygen atoms in total. The maximum absolute atomic E-state index is 11.6. The molecule has 1 aromatic rings. The minimum atomic E-state index is -0.543. The molecule has 1 aromatic carbocycles. The van der Waals surface area contributed by atoms with Gasteiger partial charge < -0.3 is 16.4 Å². The van der Waals surface area contributed by atoms with Gasteiger partial charge in [0.2, 0.25) is 11.8 Å². The van der Waals surface area contributed by atoms with Gasteiger partial charge in [0, 0.05) is 12.6 Å². The molecule has 6 heteroatoms. The summed E-state index contributed by atoms with van der Waals surface area (Å²) in [7, 11) is 0. The third kappa shape index (κ3) is 4.01. The maximum atomic E-state index is 11.6. The van der Waals surface area contributed by atoms with Gasteiger partial charge in [0.25, 0.3) is 0 Å². The lowest BCUT2D eigenvalue weighted by atomic mass is 10.2. The highest BCUT2D eigenvalue weighted by atomic mass is 35.5. The van der Waals surface area contributed by atoms with E-state index in [9.17, 15) is 9.59 Å². The highest BCUT2D eigenvalue weighted by molar-refractivity contribution is 6.34. The zero-order chi connectivity index (χ0) is 13.7. The van der Waals surface area contributed by atoms with Gasteiger partial charge in [0.1, 0.15) is 0 Å². The van der Waals surface area contributed by atoms with E-state index in [1.54, 1.807) is 18.2 Å². The molecule has 4 N–H and O–H groups in total. The molecule has 0 aliphatic carbocycles. The van der Waals surface area contributed by atoms with Crippen molar-refractivity contribution in [1.29, 1.82) is 0 Å². The summed E-state index contributed by atoms with van der Waals surface area (Å²) in [6.07, 6.45) is 0.559. The predicted molar refractivity (Wildman–Crippen MR) is 72.7 cm³/mol. The molecular weight excluding hydrogens is 254 g/mol. The molecule has 0 spiro atoms. The van der Waals surface area contributed by atoms with Gasteiger partial charge >= 0.3 is 0 Å². The maximum Gasteiger partial charge on any atom is 0.241 e. The fourth-order valence-electron chi connectivity index (χ4n) is 1.30. The number of nitrogens with one attached hydrogen (secondary N) is 2. The molecule has 98 valence electrons. The van der Waals surface area contributed by atoms with Crippen molar-refractivity contribution in [2.45, 2.75) is 26.3 Å². The van der Waals surface area contributed by atoms with E-state index >= 15 is 0 Å². The number of amides is 2. The van der Waals surface area contributed by atoms with Gasteiger partial charge in [-0.3, -0.25) is 9.59 Å². The standard InChI is InChI=1S/C12H16ClN3O2/c1-3-10(14)12(18)16-8-4-5-11(9(13)6-8)15-7(2)17/h4-6,10H,3,14H2,1-2H3,(H,15,17)(H,16,18)/t10-/m1/s1. The average molecular weight is 270 g/mol. The summed E-state index contributed by atoms with van der Waals surface area (Å²) in [6, 6.07) is 4.29. The molecule has 1 atom stereocenters. The summed E-state index contributed by atoms with van der Waals surface area (Å²) in [5.41, 5.74) is 6.64. The van der Waals surface area contributed by atoms with Crippen LogP contribution in [0.15, 0.2) is 18.2 Å². The Kier molecular flexibility index (Phi) is 5.12. The van der Waals surface area contributed by atoms with Crippen molar-refractivity contribution in [3.05, 3.63) is 23.2 Å². The van der Waals surface area contributed by atoms with Crippen LogP contribution in [0.1, 0.15) is 20.3 Å². The van der Waals surface area contributed by atoms with E-state index in [0.29, 0.717) is 22.8 Å². The van der Waals surface area contributed by atoms with Gasteiger partial charge in [0.15, 0.2) is 0 Å². The Labute approximate surface area is 111 Å². The minimum Gasteiger partial charge on any atom is -0.325 e. The van der Waals surface area contributed by atoms with E-state index in [-0.39, 0.29) is 11.8 Å². The topological polar surface area (TPSA) is 84.2 Å².